The number of hydrogen-bond acceptors (Lipinski definition) is 5. The number of furan rings is 1. The standard InChI is InChI=1S/C24H18N2O5/c27-22-10-7-16-12-18(8-9-20(16)31-22)25-23(28)19-13-15-4-1-2-5-17(15)14-26(19)24(29)21-6-3-11-30-21/h1-12,19H,13-14H2,(H,25,28). The largest absolute Gasteiger partial charge is 0.459 e. The minimum Gasteiger partial charge on any atom is -0.459 e. The maximum atomic E-state index is 13.2. The molecular formula is C24H18N2O5. The Morgan fingerprint density at radius 2 is 1.81 bits per heavy atom. The molecule has 4 aromatic rings. The quantitative estimate of drug-likeness (QED) is 0.517. The third-order valence-corrected chi connectivity index (χ3v) is 5.43. The van der Waals surface area contributed by atoms with Gasteiger partial charge in [-0.25, -0.2) is 4.79 Å². The molecule has 0 saturated heterocycles. The summed E-state index contributed by atoms with van der Waals surface area (Å²) >= 11 is 0. The molecule has 7 heteroatoms. The molecule has 154 valence electrons. The van der Waals surface area contributed by atoms with Crippen LogP contribution in [0.3, 0.4) is 0 Å². The molecule has 0 spiro atoms. The lowest BCUT2D eigenvalue weighted by atomic mass is 9.93. The first-order chi connectivity index (χ1) is 15.1. The second-order valence-electron chi connectivity index (χ2n) is 7.40. The van der Waals surface area contributed by atoms with Gasteiger partial charge in [-0.05, 0) is 47.5 Å². The third kappa shape index (κ3) is 3.61. The number of rotatable bonds is 3. The van der Waals surface area contributed by atoms with Crippen molar-refractivity contribution in [2.24, 2.45) is 0 Å². The first-order valence-corrected chi connectivity index (χ1v) is 9.84. The van der Waals surface area contributed by atoms with Crippen molar-refractivity contribution < 1.29 is 18.4 Å². The molecule has 2 aromatic carbocycles. The molecule has 0 saturated carbocycles. The summed E-state index contributed by atoms with van der Waals surface area (Å²) in [6.45, 7) is 0.316. The molecule has 1 aliphatic rings. The second kappa shape index (κ2) is 7.60. The number of nitrogens with one attached hydrogen (secondary N) is 1. The molecule has 0 aliphatic carbocycles. The van der Waals surface area contributed by atoms with E-state index < -0.39 is 11.7 Å². The lowest BCUT2D eigenvalue weighted by Gasteiger charge is -2.35. The highest BCUT2D eigenvalue weighted by atomic mass is 16.4. The van der Waals surface area contributed by atoms with E-state index in [9.17, 15) is 14.4 Å². The lowest BCUT2D eigenvalue weighted by molar-refractivity contribution is -0.121. The Morgan fingerprint density at radius 3 is 2.61 bits per heavy atom. The van der Waals surface area contributed by atoms with E-state index in [2.05, 4.69) is 5.32 Å². The first kappa shape index (κ1) is 18.9. The van der Waals surface area contributed by atoms with Gasteiger partial charge in [0.15, 0.2) is 5.76 Å². The molecule has 2 aromatic heterocycles. The number of benzene rings is 2. The molecule has 1 atom stereocenters. The zero-order chi connectivity index (χ0) is 21.4. The fourth-order valence-electron chi connectivity index (χ4n) is 3.89. The molecule has 31 heavy (non-hydrogen) atoms. The normalized spacial score (nSPS) is 15.5. The zero-order valence-electron chi connectivity index (χ0n) is 16.4. The predicted molar refractivity (Wildman–Crippen MR) is 114 cm³/mol. The summed E-state index contributed by atoms with van der Waals surface area (Å²) in [4.78, 5) is 39.2. The van der Waals surface area contributed by atoms with E-state index in [0.29, 0.717) is 29.6 Å². The number of carbonyl (C=O) groups is 2. The molecule has 2 amide bonds. The van der Waals surface area contributed by atoms with Gasteiger partial charge in [0.25, 0.3) is 5.91 Å². The second-order valence-corrected chi connectivity index (χ2v) is 7.40. The van der Waals surface area contributed by atoms with Gasteiger partial charge >= 0.3 is 5.63 Å². The summed E-state index contributed by atoms with van der Waals surface area (Å²) in [6, 6.07) is 18.3. The minimum absolute atomic E-state index is 0.193. The molecule has 1 N–H and O–H groups in total. The Bertz CT molecular complexity index is 1340. The predicted octanol–water partition coefficient (Wildman–Crippen LogP) is 3.59. The summed E-state index contributed by atoms with van der Waals surface area (Å²) in [5, 5.41) is 3.59. The Morgan fingerprint density at radius 1 is 0.968 bits per heavy atom. The number of carbonyl (C=O) groups excluding carboxylic acids is 2. The van der Waals surface area contributed by atoms with Gasteiger partial charge in [0.1, 0.15) is 11.6 Å². The van der Waals surface area contributed by atoms with Crippen molar-refractivity contribution in [1.82, 2.24) is 4.90 Å². The van der Waals surface area contributed by atoms with Crippen LogP contribution in [0.25, 0.3) is 11.0 Å². The van der Waals surface area contributed by atoms with Crippen molar-refractivity contribution in [2.75, 3.05) is 5.32 Å². The topological polar surface area (TPSA) is 92.8 Å². The van der Waals surface area contributed by atoms with Crippen LogP contribution in [0.15, 0.2) is 86.6 Å². The SMILES string of the molecule is O=C(Nc1ccc2oc(=O)ccc2c1)C1Cc2ccccc2CN1C(=O)c1ccco1. The highest BCUT2D eigenvalue weighted by Crippen LogP contribution is 2.26. The summed E-state index contributed by atoms with van der Waals surface area (Å²) in [5.41, 5.74) is 2.60. The van der Waals surface area contributed by atoms with Crippen LogP contribution in [0, 0.1) is 0 Å². The molecule has 1 aliphatic heterocycles. The van der Waals surface area contributed by atoms with Crippen molar-refractivity contribution in [3.63, 3.8) is 0 Å². The molecule has 3 heterocycles. The average Bonchev–Trinajstić information content (AvgIpc) is 3.33. The number of fused-ring (bicyclic) bond motifs is 2. The van der Waals surface area contributed by atoms with Gasteiger partial charge in [-0.15, -0.1) is 0 Å². The maximum absolute atomic E-state index is 13.2. The summed E-state index contributed by atoms with van der Waals surface area (Å²) in [7, 11) is 0. The molecule has 0 radical (unpaired) electrons. The molecule has 5 rings (SSSR count). The van der Waals surface area contributed by atoms with E-state index in [-0.39, 0.29) is 17.6 Å². The van der Waals surface area contributed by atoms with Gasteiger partial charge in [-0.2, -0.15) is 0 Å². The van der Waals surface area contributed by atoms with Crippen molar-refractivity contribution in [2.45, 2.75) is 19.0 Å². The summed E-state index contributed by atoms with van der Waals surface area (Å²) < 4.78 is 10.4. The fraction of sp³-hybridized carbons (Fsp3) is 0.125. The maximum Gasteiger partial charge on any atom is 0.336 e. The van der Waals surface area contributed by atoms with E-state index in [1.54, 1.807) is 36.4 Å². The summed E-state index contributed by atoms with van der Waals surface area (Å²) in [6.07, 6.45) is 1.84. The lowest BCUT2D eigenvalue weighted by Crippen LogP contribution is -2.50. The van der Waals surface area contributed by atoms with Gasteiger partial charge in [0, 0.05) is 30.1 Å². The van der Waals surface area contributed by atoms with Crippen LogP contribution in [0.2, 0.25) is 0 Å². The van der Waals surface area contributed by atoms with E-state index in [1.807, 2.05) is 24.3 Å². The first-order valence-electron chi connectivity index (χ1n) is 9.84. The van der Waals surface area contributed by atoms with Gasteiger partial charge in [-0.1, -0.05) is 24.3 Å². The highest BCUT2D eigenvalue weighted by Gasteiger charge is 2.36. The van der Waals surface area contributed by atoms with Gasteiger partial charge in [0.2, 0.25) is 5.91 Å². The van der Waals surface area contributed by atoms with E-state index >= 15 is 0 Å². The van der Waals surface area contributed by atoms with Crippen LogP contribution in [0.5, 0.6) is 0 Å². The molecule has 1 unspecified atom stereocenters. The van der Waals surface area contributed by atoms with Crippen LogP contribution in [-0.4, -0.2) is 22.8 Å². The van der Waals surface area contributed by atoms with Crippen LogP contribution in [0.1, 0.15) is 21.7 Å². The smallest absolute Gasteiger partial charge is 0.336 e. The molecular weight excluding hydrogens is 396 g/mol. The van der Waals surface area contributed by atoms with Crippen LogP contribution in [0.4, 0.5) is 5.69 Å². The van der Waals surface area contributed by atoms with Crippen molar-refractivity contribution in [1.29, 1.82) is 0 Å². The summed E-state index contributed by atoms with van der Waals surface area (Å²) in [5.74, 6) is -0.441. The Balaban J connectivity index is 1.45. The van der Waals surface area contributed by atoms with E-state index in [1.165, 1.54) is 17.2 Å². The van der Waals surface area contributed by atoms with E-state index in [4.69, 9.17) is 8.83 Å². The van der Waals surface area contributed by atoms with Gasteiger partial charge in [0.05, 0.1) is 6.26 Å². The van der Waals surface area contributed by atoms with Crippen LogP contribution in [-0.2, 0) is 17.8 Å². The van der Waals surface area contributed by atoms with Crippen molar-refractivity contribution >= 4 is 28.5 Å². The number of nitrogens with zero attached hydrogens (tertiary/aromatic N) is 1. The fourth-order valence-corrected chi connectivity index (χ4v) is 3.89. The van der Waals surface area contributed by atoms with E-state index in [0.717, 1.165) is 11.1 Å². The number of anilines is 1. The minimum atomic E-state index is -0.697. The average molecular weight is 414 g/mol. The Kier molecular flexibility index (Phi) is 4.63. The van der Waals surface area contributed by atoms with Crippen LogP contribution < -0.4 is 10.9 Å². The molecule has 0 bridgehead atoms. The Hall–Kier alpha value is -4.13. The molecule has 0 fully saturated rings. The van der Waals surface area contributed by atoms with Crippen molar-refractivity contribution in [3.05, 3.63) is 100 Å². The van der Waals surface area contributed by atoms with Gasteiger partial charge < -0.3 is 19.1 Å². The Labute approximate surface area is 176 Å². The highest BCUT2D eigenvalue weighted by molar-refractivity contribution is 6.01. The van der Waals surface area contributed by atoms with Crippen LogP contribution >= 0.6 is 0 Å². The van der Waals surface area contributed by atoms with Crippen molar-refractivity contribution in [3.8, 4) is 0 Å². The third-order valence-electron chi connectivity index (χ3n) is 5.43. The number of hydrogen-bond donors (Lipinski definition) is 1. The zero-order valence-corrected chi connectivity index (χ0v) is 16.4. The van der Waals surface area contributed by atoms with Gasteiger partial charge in [-0.3, -0.25) is 9.59 Å². The molecule has 7 nitrogen and oxygen atoms in total. The number of amides is 2. The monoisotopic (exact) mass is 414 g/mol.